The number of hydrogen-bond donors (Lipinski definition) is 0. The van der Waals surface area contributed by atoms with Crippen molar-refractivity contribution in [2.45, 2.75) is 39.9 Å². The average molecular weight is 378 g/mol. The predicted octanol–water partition coefficient (Wildman–Crippen LogP) is 5.56. The van der Waals surface area contributed by atoms with Gasteiger partial charge in [0.05, 0.1) is 12.2 Å². The molecule has 0 N–H and O–H groups in total. The van der Waals surface area contributed by atoms with Crippen molar-refractivity contribution in [3.8, 4) is 22.6 Å². The Morgan fingerprint density at radius 2 is 1.22 bits per heavy atom. The molecule has 0 saturated carbocycles. The van der Waals surface area contributed by atoms with Gasteiger partial charge in [-0.1, -0.05) is 69.2 Å². The van der Waals surface area contributed by atoms with E-state index >= 15 is 0 Å². The zero-order chi connectivity index (χ0) is 19.2. The van der Waals surface area contributed by atoms with Gasteiger partial charge in [-0.15, -0.1) is 0 Å². The monoisotopic (exact) mass is 378 g/mol. The van der Waals surface area contributed by atoms with Crippen LogP contribution in [-0.2, 0) is 0 Å². The van der Waals surface area contributed by atoms with Gasteiger partial charge >= 0.3 is 0 Å². The Morgan fingerprint density at radius 3 is 1.93 bits per heavy atom. The van der Waals surface area contributed by atoms with E-state index in [9.17, 15) is 0 Å². The van der Waals surface area contributed by atoms with Gasteiger partial charge in [0.1, 0.15) is 11.5 Å². The Hall–Kier alpha value is -2.31. The van der Waals surface area contributed by atoms with E-state index in [1.165, 1.54) is 10.6 Å². The van der Waals surface area contributed by atoms with Gasteiger partial charge in [-0.25, -0.2) is 0 Å². The van der Waals surface area contributed by atoms with E-state index in [0.29, 0.717) is 8.58 Å². The topological polar surface area (TPSA) is 18.5 Å². The summed E-state index contributed by atoms with van der Waals surface area (Å²) in [4.78, 5) is 0. The molecular weight excluding hydrogens is 351 g/mol. The van der Waals surface area contributed by atoms with E-state index in [1.807, 2.05) is 12.1 Å². The molecule has 0 bridgehead atoms. The summed E-state index contributed by atoms with van der Waals surface area (Å²) in [5, 5.41) is 2.57. The largest absolute Gasteiger partial charge is 0.490 e. The van der Waals surface area contributed by atoms with E-state index in [0.717, 1.165) is 22.6 Å². The molecular formula is C24H27O2P. The van der Waals surface area contributed by atoms with Crippen molar-refractivity contribution in [1.82, 2.24) is 0 Å². The van der Waals surface area contributed by atoms with Crippen LogP contribution in [-0.4, -0.2) is 12.2 Å². The molecule has 0 aliphatic carbocycles. The summed E-state index contributed by atoms with van der Waals surface area (Å²) in [6.45, 7) is 8.23. The van der Waals surface area contributed by atoms with Crippen LogP contribution in [0.1, 0.15) is 27.7 Å². The maximum Gasteiger partial charge on any atom is 0.128 e. The van der Waals surface area contributed by atoms with Gasteiger partial charge in [-0.3, -0.25) is 0 Å². The Balaban J connectivity index is 2.14. The fourth-order valence-electron chi connectivity index (χ4n) is 2.97. The van der Waals surface area contributed by atoms with E-state index in [4.69, 9.17) is 9.47 Å². The molecule has 3 aromatic carbocycles. The summed E-state index contributed by atoms with van der Waals surface area (Å²) in [6.07, 6.45) is 0.224. The number of hydrogen-bond acceptors (Lipinski definition) is 2. The standard InChI is InChI=1S/C24H27O2P/c1-17(2)25-21-14-9-8-13-20(21)24-22(26-18(3)4)15-10-16-23(24)27-19-11-6-5-7-12-19/h5-18,27H,1-4H3. The first-order valence-corrected chi connectivity index (χ1v) is 10.4. The molecule has 1 unspecified atom stereocenters. The zero-order valence-corrected chi connectivity index (χ0v) is 17.4. The summed E-state index contributed by atoms with van der Waals surface area (Å²) >= 11 is 0. The van der Waals surface area contributed by atoms with Crippen LogP contribution in [0.3, 0.4) is 0 Å². The van der Waals surface area contributed by atoms with Crippen LogP contribution in [0, 0.1) is 0 Å². The molecule has 3 rings (SSSR count). The van der Waals surface area contributed by atoms with Crippen molar-refractivity contribution < 1.29 is 9.47 Å². The minimum Gasteiger partial charge on any atom is -0.490 e. The number of para-hydroxylation sites is 1. The molecule has 0 aliphatic rings. The number of rotatable bonds is 7. The number of ether oxygens (including phenoxy) is 2. The molecule has 3 aromatic rings. The van der Waals surface area contributed by atoms with E-state index in [1.54, 1.807) is 0 Å². The fraction of sp³-hybridized carbons (Fsp3) is 0.250. The third-order valence-corrected chi connectivity index (χ3v) is 5.27. The van der Waals surface area contributed by atoms with Crippen LogP contribution < -0.4 is 20.1 Å². The normalized spacial score (nSPS) is 11.5. The lowest BCUT2D eigenvalue weighted by Crippen LogP contribution is -2.13. The predicted molar refractivity (Wildman–Crippen MR) is 117 cm³/mol. The second-order valence-electron chi connectivity index (χ2n) is 7.00. The summed E-state index contributed by atoms with van der Waals surface area (Å²) in [6, 6.07) is 25.2. The van der Waals surface area contributed by atoms with Crippen molar-refractivity contribution in [2.75, 3.05) is 0 Å². The molecule has 0 heterocycles. The first kappa shape index (κ1) is 19.5. The molecule has 0 radical (unpaired) electrons. The van der Waals surface area contributed by atoms with Crippen LogP contribution in [0.15, 0.2) is 72.8 Å². The van der Waals surface area contributed by atoms with Crippen LogP contribution in [0.25, 0.3) is 11.1 Å². The maximum atomic E-state index is 6.19. The van der Waals surface area contributed by atoms with Crippen LogP contribution in [0.4, 0.5) is 0 Å². The Kier molecular flexibility index (Phi) is 6.53. The van der Waals surface area contributed by atoms with E-state index < -0.39 is 0 Å². The first-order chi connectivity index (χ1) is 13.0. The fourth-order valence-corrected chi connectivity index (χ4v) is 4.20. The smallest absolute Gasteiger partial charge is 0.128 e. The quantitative estimate of drug-likeness (QED) is 0.501. The molecule has 1 atom stereocenters. The highest BCUT2D eigenvalue weighted by Gasteiger charge is 2.17. The van der Waals surface area contributed by atoms with Crippen molar-refractivity contribution in [1.29, 1.82) is 0 Å². The van der Waals surface area contributed by atoms with Crippen LogP contribution in [0.2, 0.25) is 0 Å². The average Bonchev–Trinajstić information content (AvgIpc) is 2.63. The molecule has 3 heteroatoms. The summed E-state index contributed by atoms with van der Waals surface area (Å²) in [5.74, 6) is 1.80. The van der Waals surface area contributed by atoms with Gasteiger partial charge in [0.15, 0.2) is 0 Å². The summed E-state index contributed by atoms with van der Waals surface area (Å²) in [5.41, 5.74) is 2.21. The SMILES string of the molecule is CC(C)Oc1ccccc1-c1c(OC(C)C)cccc1Pc1ccccc1. The Morgan fingerprint density at radius 1 is 0.630 bits per heavy atom. The van der Waals surface area contributed by atoms with Gasteiger partial charge in [0.2, 0.25) is 0 Å². The van der Waals surface area contributed by atoms with Gasteiger partial charge in [-0.2, -0.15) is 0 Å². The molecule has 0 amide bonds. The van der Waals surface area contributed by atoms with Crippen molar-refractivity contribution in [3.63, 3.8) is 0 Å². The molecule has 2 nitrogen and oxygen atoms in total. The third kappa shape index (κ3) is 5.11. The minimum absolute atomic E-state index is 0.109. The van der Waals surface area contributed by atoms with Gasteiger partial charge in [-0.05, 0) is 50.4 Å². The molecule has 0 spiro atoms. The summed E-state index contributed by atoms with van der Waals surface area (Å²) in [7, 11) is 0.551. The molecule has 27 heavy (non-hydrogen) atoms. The Bertz CT molecular complexity index is 873. The lowest BCUT2D eigenvalue weighted by atomic mass is 10.0. The Labute approximate surface area is 164 Å². The highest BCUT2D eigenvalue weighted by Crippen LogP contribution is 2.38. The van der Waals surface area contributed by atoms with Crippen molar-refractivity contribution >= 4 is 19.2 Å². The van der Waals surface area contributed by atoms with Crippen molar-refractivity contribution in [2.24, 2.45) is 0 Å². The first-order valence-electron chi connectivity index (χ1n) is 9.42. The minimum atomic E-state index is 0.109. The molecule has 0 aliphatic heterocycles. The van der Waals surface area contributed by atoms with Gasteiger partial charge in [0.25, 0.3) is 0 Å². The lowest BCUT2D eigenvalue weighted by Gasteiger charge is -2.21. The van der Waals surface area contributed by atoms with Gasteiger partial charge < -0.3 is 9.47 Å². The number of benzene rings is 3. The molecule has 140 valence electrons. The second-order valence-corrected chi connectivity index (χ2v) is 8.37. The highest BCUT2D eigenvalue weighted by atomic mass is 31.1. The van der Waals surface area contributed by atoms with Crippen LogP contribution >= 0.6 is 8.58 Å². The van der Waals surface area contributed by atoms with Gasteiger partial charge in [0, 0.05) is 11.1 Å². The highest BCUT2D eigenvalue weighted by molar-refractivity contribution is 7.55. The summed E-state index contributed by atoms with van der Waals surface area (Å²) < 4.78 is 12.3. The van der Waals surface area contributed by atoms with Crippen LogP contribution in [0.5, 0.6) is 11.5 Å². The zero-order valence-electron chi connectivity index (χ0n) is 16.4. The molecule has 0 fully saturated rings. The van der Waals surface area contributed by atoms with Crippen molar-refractivity contribution in [3.05, 3.63) is 72.8 Å². The maximum absolute atomic E-state index is 6.19. The third-order valence-electron chi connectivity index (χ3n) is 3.96. The molecule has 0 saturated heterocycles. The second kappa shape index (κ2) is 9.06. The van der Waals surface area contributed by atoms with E-state index in [2.05, 4.69) is 88.4 Å². The van der Waals surface area contributed by atoms with E-state index in [-0.39, 0.29) is 12.2 Å². The lowest BCUT2D eigenvalue weighted by molar-refractivity contribution is 0.239. The molecule has 0 aromatic heterocycles.